The van der Waals surface area contributed by atoms with Gasteiger partial charge in [-0.2, -0.15) is 5.10 Å². The molecule has 0 amide bonds. The molecule has 0 aliphatic carbocycles. The van der Waals surface area contributed by atoms with Gasteiger partial charge in [0, 0.05) is 11.4 Å². The molecule has 1 heterocycles. The van der Waals surface area contributed by atoms with E-state index in [0.29, 0.717) is 0 Å². The van der Waals surface area contributed by atoms with Gasteiger partial charge in [0.15, 0.2) is 0 Å². The number of methoxy groups -OCH3 is 1. The summed E-state index contributed by atoms with van der Waals surface area (Å²) >= 11 is 1.57. The van der Waals surface area contributed by atoms with Crippen molar-refractivity contribution in [1.29, 1.82) is 0 Å². The second-order valence-electron chi connectivity index (χ2n) is 4.98. The Kier molecular flexibility index (Phi) is 5.07. The van der Waals surface area contributed by atoms with E-state index in [1.807, 2.05) is 25.5 Å². The standard InChI is InChI=1S/C16H20N2O2S/c1-11-9-12(2)18(17-11)15-7-5-14(6-8-15)10-21-13(3)16(19)20-4/h5-9,13H,10H2,1-4H3. The number of thioether (sulfide) groups is 1. The third kappa shape index (κ3) is 3.88. The summed E-state index contributed by atoms with van der Waals surface area (Å²) in [4.78, 5) is 11.4. The van der Waals surface area contributed by atoms with Crippen molar-refractivity contribution < 1.29 is 9.53 Å². The molecule has 2 rings (SSSR count). The molecule has 5 heteroatoms. The van der Waals surface area contributed by atoms with Gasteiger partial charge in [-0.15, -0.1) is 11.8 Å². The highest BCUT2D eigenvalue weighted by Crippen LogP contribution is 2.20. The van der Waals surface area contributed by atoms with Crippen LogP contribution >= 0.6 is 11.8 Å². The fourth-order valence-corrected chi connectivity index (χ4v) is 2.95. The third-order valence-electron chi connectivity index (χ3n) is 3.22. The van der Waals surface area contributed by atoms with Crippen LogP contribution in [0.15, 0.2) is 30.3 Å². The molecule has 21 heavy (non-hydrogen) atoms. The van der Waals surface area contributed by atoms with Crippen LogP contribution < -0.4 is 0 Å². The maximum Gasteiger partial charge on any atom is 0.318 e. The number of esters is 1. The summed E-state index contributed by atoms with van der Waals surface area (Å²) < 4.78 is 6.66. The Morgan fingerprint density at radius 2 is 2.00 bits per heavy atom. The van der Waals surface area contributed by atoms with Crippen LogP contribution in [-0.2, 0) is 15.3 Å². The Labute approximate surface area is 129 Å². The topological polar surface area (TPSA) is 44.1 Å². The van der Waals surface area contributed by atoms with Crippen LogP contribution in [0.25, 0.3) is 5.69 Å². The Morgan fingerprint density at radius 3 is 2.52 bits per heavy atom. The smallest absolute Gasteiger partial charge is 0.318 e. The monoisotopic (exact) mass is 304 g/mol. The van der Waals surface area contributed by atoms with Gasteiger partial charge < -0.3 is 4.74 Å². The van der Waals surface area contributed by atoms with Crippen molar-refractivity contribution in [1.82, 2.24) is 9.78 Å². The summed E-state index contributed by atoms with van der Waals surface area (Å²) in [6.07, 6.45) is 0. The predicted octanol–water partition coefficient (Wildman–Crippen LogP) is 3.28. The molecule has 0 spiro atoms. The van der Waals surface area contributed by atoms with Crippen molar-refractivity contribution in [2.24, 2.45) is 0 Å². The van der Waals surface area contributed by atoms with Crippen LogP contribution in [0.3, 0.4) is 0 Å². The lowest BCUT2D eigenvalue weighted by Crippen LogP contribution is -2.14. The van der Waals surface area contributed by atoms with Crippen LogP contribution in [0, 0.1) is 13.8 Å². The summed E-state index contributed by atoms with van der Waals surface area (Å²) in [5.41, 5.74) is 4.37. The first kappa shape index (κ1) is 15.6. The zero-order valence-electron chi connectivity index (χ0n) is 12.8. The van der Waals surface area contributed by atoms with Gasteiger partial charge in [0.1, 0.15) is 0 Å². The van der Waals surface area contributed by atoms with E-state index in [9.17, 15) is 4.79 Å². The summed E-state index contributed by atoms with van der Waals surface area (Å²) in [6.45, 7) is 5.89. The fraction of sp³-hybridized carbons (Fsp3) is 0.375. The second-order valence-corrected chi connectivity index (χ2v) is 6.31. The number of rotatable bonds is 5. The summed E-state index contributed by atoms with van der Waals surface area (Å²) in [7, 11) is 1.42. The van der Waals surface area contributed by atoms with E-state index in [2.05, 4.69) is 35.4 Å². The van der Waals surface area contributed by atoms with Gasteiger partial charge >= 0.3 is 5.97 Å². The summed E-state index contributed by atoms with van der Waals surface area (Å²) in [5, 5.41) is 4.32. The van der Waals surface area contributed by atoms with Gasteiger partial charge in [0.25, 0.3) is 0 Å². The molecular weight excluding hydrogens is 284 g/mol. The first-order valence-corrected chi connectivity index (χ1v) is 7.88. The molecule has 1 aromatic heterocycles. The SMILES string of the molecule is COC(=O)C(C)SCc1ccc(-n2nc(C)cc2C)cc1. The highest BCUT2D eigenvalue weighted by molar-refractivity contribution is 7.99. The summed E-state index contributed by atoms with van der Waals surface area (Å²) in [5.74, 6) is 0.604. The van der Waals surface area contributed by atoms with E-state index >= 15 is 0 Å². The van der Waals surface area contributed by atoms with Crippen molar-refractivity contribution in [2.75, 3.05) is 7.11 Å². The molecule has 1 unspecified atom stereocenters. The van der Waals surface area contributed by atoms with Gasteiger partial charge in [-0.1, -0.05) is 12.1 Å². The van der Waals surface area contributed by atoms with Crippen LogP contribution in [0.5, 0.6) is 0 Å². The Bertz CT molecular complexity index is 620. The largest absolute Gasteiger partial charge is 0.468 e. The maximum absolute atomic E-state index is 11.4. The number of hydrogen-bond donors (Lipinski definition) is 0. The fourth-order valence-electron chi connectivity index (χ4n) is 2.08. The van der Waals surface area contributed by atoms with Crippen molar-refractivity contribution in [2.45, 2.75) is 31.8 Å². The van der Waals surface area contributed by atoms with Gasteiger partial charge in [-0.25, -0.2) is 4.68 Å². The molecule has 0 bridgehead atoms. The first-order valence-electron chi connectivity index (χ1n) is 6.83. The number of aryl methyl sites for hydroxylation is 2. The number of aromatic nitrogens is 2. The zero-order valence-corrected chi connectivity index (χ0v) is 13.6. The molecule has 1 atom stereocenters. The molecule has 0 saturated heterocycles. The Hall–Kier alpha value is -1.75. The average Bonchev–Trinajstić information content (AvgIpc) is 2.83. The van der Waals surface area contributed by atoms with Gasteiger partial charge in [-0.05, 0) is 44.5 Å². The van der Waals surface area contributed by atoms with Gasteiger partial charge in [0.2, 0.25) is 0 Å². The number of nitrogens with zero attached hydrogens (tertiary/aromatic N) is 2. The second kappa shape index (κ2) is 6.80. The minimum absolute atomic E-state index is 0.148. The third-order valence-corrected chi connectivity index (χ3v) is 4.42. The highest BCUT2D eigenvalue weighted by atomic mass is 32.2. The van der Waals surface area contributed by atoms with E-state index in [-0.39, 0.29) is 11.2 Å². The lowest BCUT2D eigenvalue weighted by atomic mass is 10.2. The molecule has 0 aliphatic heterocycles. The lowest BCUT2D eigenvalue weighted by Gasteiger charge is -2.09. The Morgan fingerprint density at radius 1 is 1.33 bits per heavy atom. The average molecular weight is 304 g/mol. The molecule has 0 radical (unpaired) electrons. The van der Waals surface area contributed by atoms with Gasteiger partial charge in [0.05, 0.1) is 23.7 Å². The van der Waals surface area contributed by atoms with Crippen LogP contribution in [0.2, 0.25) is 0 Å². The molecule has 2 aromatic rings. The van der Waals surface area contributed by atoms with E-state index in [4.69, 9.17) is 4.74 Å². The maximum atomic E-state index is 11.4. The molecular formula is C16H20N2O2S. The number of hydrogen-bond acceptors (Lipinski definition) is 4. The van der Waals surface area contributed by atoms with Gasteiger partial charge in [-0.3, -0.25) is 4.79 Å². The number of carbonyl (C=O) groups is 1. The minimum Gasteiger partial charge on any atom is -0.468 e. The van der Waals surface area contributed by atoms with Crippen molar-refractivity contribution >= 4 is 17.7 Å². The highest BCUT2D eigenvalue weighted by Gasteiger charge is 2.13. The van der Waals surface area contributed by atoms with Crippen molar-refractivity contribution in [3.8, 4) is 5.69 Å². The summed E-state index contributed by atoms with van der Waals surface area (Å²) in [6, 6.07) is 10.3. The molecule has 1 aromatic carbocycles. The van der Waals surface area contributed by atoms with Crippen molar-refractivity contribution in [3.63, 3.8) is 0 Å². The quantitative estimate of drug-likeness (QED) is 0.795. The Balaban J connectivity index is 2.02. The van der Waals surface area contributed by atoms with E-state index in [0.717, 1.165) is 22.8 Å². The number of carbonyl (C=O) groups excluding carboxylic acids is 1. The minimum atomic E-state index is -0.181. The number of benzene rings is 1. The van der Waals surface area contributed by atoms with Crippen LogP contribution in [0.4, 0.5) is 0 Å². The van der Waals surface area contributed by atoms with Crippen LogP contribution in [-0.4, -0.2) is 28.1 Å². The normalized spacial score (nSPS) is 12.2. The molecule has 112 valence electrons. The van der Waals surface area contributed by atoms with E-state index < -0.39 is 0 Å². The molecule has 0 fully saturated rings. The predicted molar refractivity (Wildman–Crippen MR) is 85.8 cm³/mol. The molecule has 0 aliphatic rings. The molecule has 0 N–H and O–H groups in total. The van der Waals surface area contributed by atoms with E-state index in [1.165, 1.54) is 12.7 Å². The zero-order chi connectivity index (χ0) is 15.4. The van der Waals surface area contributed by atoms with E-state index in [1.54, 1.807) is 11.8 Å². The first-order chi connectivity index (χ1) is 10.0. The number of ether oxygens (including phenoxy) is 1. The molecule has 4 nitrogen and oxygen atoms in total. The lowest BCUT2D eigenvalue weighted by molar-refractivity contribution is -0.139. The van der Waals surface area contributed by atoms with Crippen LogP contribution in [0.1, 0.15) is 23.9 Å². The van der Waals surface area contributed by atoms with Crippen molar-refractivity contribution in [3.05, 3.63) is 47.3 Å². The molecule has 0 saturated carbocycles.